The van der Waals surface area contributed by atoms with Crippen LogP contribution in [0.25, 0.3) is 20.8 Å². The van der Waals surface area contributed by atoms with Crippen LogP contribution in [0.4, 0.5) is 11.5 Å². The first kappa shape index (κ1) is 23.1. The Morgan fingerprint density at radius 3 is 2.82 bits per heavy atom. The Labute approximate surface area is 204 Å². The number of nitrogens with zero attached hydrogens (tertiary/aromatic N) is 4. The van der Waals surface area contributed by atoms with E-state index in [1.165, 1.54) is 0 Å². The zero-order valence-corrected chi connectivity index (χ0v) is 21.0. The molecule has 2 fully saturated rings. The maximum atomic E-state index is 11.4. The second-order valence-corrected chi connectivity index (χ2v) is 11.3. The van der Waals surface area contributed by atoms with Crippen molar-refractivity contribution < 1.29 is 9.53 Å². The summed E-state index contributed by atoms with van der Waals surface area (Å²) < 4.78 is 9.12. The molecule has 4 heterocycles. The van der Waals surface area contributed by atoms with Gasteiger partial charge in [0, 0.05) is 43.5 Å². The number of hydrogen-bond donors (Lipinski definition) is 2. The highest BCUT2D eigenvalue weighted by Crippen LogP contribution is 2.39. The van der Waals surface area contributed by atoms with Crippen molar-refractivity contribution in [3.05, 3.63) is 24.4 Å². The third-order valence-electron chi connectivity index (χ3n) is 6.17. The van der Waals surface area contributed by atoms with Crippen molar-refractivity contribution in [2.75, 3.05) is 30.3 Å². The maximum absolute atomic E-state index is 11.4. The minimum absolute atomic E-state index is 0.00983. The summed E-state index contributed by atoms with van der Waals surface area (Å²) in [5, 5.41) is 11.7. The zero-order valence-electron chi connectivity index (χ0n) is 20.2. The van der Waals surface area contributed by atoms with Gasteiger partial charge in [0.1, 0.15) is 5.82 Å². The zero-order chi connectivity index (χ0) is 23.7. The SMILES string of the molecule is CC(C)(C)Nc1cc(NCCN(C=O)C2CC2)c2sc(-c3ccnn3C3CCCCO3)cc2n1. The first-order chi connectivity index (χ1) is 16.4. The van der Waals surface area contributed by atoms with Crippen molar-refractivity contribution >= 4 is 39.5 Å². The summed E-state index contributed by atoms with van der Waals surface area (Å²) in [5.74, 6) is 0.838. The van der Waals surface area contributed by atoms with Gasteiger partial charge in [-0.1, -0.05) is 0 Å². The van der Waals surface area contributed by atoms with E-state index in [0.29, 0.717) is 19.1 Å². The number of pyridine rings is 1. The minimum Gasteiger partial charge on any atom is -0.382 e. The third-order valence-corrected chi connectivity index (χ3v) is 7.35. The Hall–Kier alpha value is -2.65. The van der Waals surface area contributed by atoms with Crippen LogP contribution < -0.4 is 10.6 Å². The van der Waals surface area contributed by atoms with Gasteiger partial charge in [0.25, 0.3) is 0 Å². The van der Waals surface area contributed by atoms with Crippen LogP contribution in [0.2, 0.25) is 0 Å². The van der Waals surface area contributed by atoms with Crippen LogP contribution >= 0.6 is 11.3 Å². The fourth-order valence-corrected chi connectivity index (χ4v) is 5.54. The number of amides is 1. The largest absolute Gasteiger partial charge is 0.382 e. The number of rotatable bonds is 9. The van der Waals surface area contributed by atoms with Gasteiger partial charge in [-0.15, -0.1) is 11.3 Å². The van der Waals surface area contributed by atoms with Gasteiger partial charge in [0.2, 0.25) is 6.41 Å². The molecule has 1 saturated heterocycles. The molecule has 1 aliphatic heterocycles. The fourth-order valence-electron chi connectivity index (χ4n) is 4.43. The summed E-state index contributed by atoms with van der Waals surface area (Å²) in [5.41, 5.74) is 2.94. The molecule has 2 aliphatic rings. The van der Waals surface area contributed by atoms with E-state index in [9.17, 15) is 4.79 Å². The second kappa shape index (κ2) is 9.54. The van der Waals surface area contributed by atoms with Gasteiger partial charge in [-0.3, -0.25) is 4.79 Å². The Bertz CT molecular complexity index is 1140. The molecule has 8 nitrogen and oxygen atoms in total. The maximum Gasteiger partial charge on any atom is 0.210 e. The number of aromatic nitrogens is 3. The summed E-state index contributed by atoms with van der Waals surface area (Å²) >= 11 is 1.72. The predicted molar refractivity (Wildman–Crippen MR) is 137 cm³/mol. The highest BCUT2D eigenvalue weighted by molar-refractivity contribution is 7.22. The average Bonchev–Trinajstić information content (AvgIpc) is 3.36. The van der Waals surface area contributed by atoms with Crippen molar-refractivity contribution in [2.45, 2.75) is 70.7 Å². The van der Waals surface area contributed by atoms with Crippen LogP contribution in [-0.2, 0) is 9.53 Å². The van der Waals surface area contributed by atoms with E-state index in [1.807, 2.05) is 15.8 Å². The Kier molecular flexibility index (Phi) is 6.48. The summed E-state index contributed by atoms with van der Waals surface area (Å²) in [6.07, 6.45) is 8.31. The molecule has 1 atom stereocenters. The average molecular weight is 483 g/mol. The van der Waals surface area contributed by atoms with Crippen molar-refractivity contribution in [3.63, 3.8) is 0 Å². The lowest BCUT2D eigenvalue weighted by Gasteiger charge is -2.24. The summed E-state index contributed by atoms with van der Waals surface area (Å²) in [6, 6.07) is 6.71. The number of nitrogens with one attached hydrogen (secondary N) is 2. The van der Waals surface area contributed by atoms with Gasteiger partial charge in [-0.2, -0.15) is 5.10 Å². The summed E-state index contributed by atoms with van der Waals surface area (Å²) in [4.78, 5) is 19.4. The third kappa shape index (κ3) is 5.20. The number of hydrogen-bond acceptors (Lipinski definition) is 7. The first-order valence-corrected chi connectivity index (χ1v) is 13.1. The van der Waals surface area contributed by atoms with Gasteiger partial charge in [-0.05, 0) is 65.0 Å². The van der Waals surface area contributed by atoms with Crippen molar-refractivity contribution in [2.24, 2.45) is 0 Å². The van der Waals surface area contributed by atoms with Crippen molar-refractivity contribution in [1.29, 1.82) is 0 Å². The second-order valence-electron chi connectivity index (χ2n) is 10.2. The lowest BCUT2D eigenvalue weighted by molar-refractivity contribution is -0.118. The quantitative estimate of drug-likeness (QED) is 0.413. The van der Waals surface area contributed by atoms with Crippen LogP contribution in [0.15, 0.2) is 24.4 Å². The topological polar surface area (TPSA) is 84.3 Å². The van der Waals surface area contributed by atoms with E-state index >= 15 is 0 Å². The number of anilines is 2. The van der Waals surface area contributed by atoms with Gasteiger partial charge in [0.15, 0.2) is 6.23 Å². The predicted octanol–water partition coefficient (Wildman–Crippen LogP) is 5.10. The van der Waals surface area contributed by atoms with E-state index in [0.717, 1.165) is 77.4 Å². The lowest BCUT2D eigenvalue weighted by Crippen LogP contribution is -2.30. The van der Waals surface area contributed by atoms with E-state index in [1.54, 1.807) is 11.3 Å². The molecule has 5 rings (SSSR count). The van der Waals surface area contributed by atoms with E-state index in [4.69, 9.17) is 9.72 Å². The molecule has 1 amide bonds. The molecule has 3 aromatic rings. The van der Waals surface area contributed by atoms with Crippen molar-refractivity contribution in [1.82, 2.24) is 19.7 Å². The summed E-state index contributed by atoms with van der Waals surface area (Å²) in [6.45, 7) is 8.57. The number of carbonyl (C=O) groups excluding carboxylic acids is 1. The molecule has 0 aromatic carbocycles. The first-order valence-electron chi connectivity index (χ1n) is 12.2. The molecule has 0 bridgehead atoms. The molecule has 9 heteroatoms. The molecule has 182 valence electrons. The Morgan fingerprint density at radius 1 is 1.26 bits per heavy atom. The Morgan fingerprint density at radius 2 is 2.12 bits per heavy atom. The van der Waals surface area contributed by atoms with Crippen LogP contribution in [-0.4, -0.2) is 57.4 Å². The highest BCUT2D eigenvalue weighted by Gasteiger charge is 2.27. The van der Waals surface area contributed by atoms with Crippen LogP contribution in [0, 0.1) is 0 Å². The standard InChI is InChI=1S/C25H34N6O2S/c1-25(2,3)29-22-15-18(26-11-12-30(16-32)17-7-8-17)24-19(28-22)14-21(34-24)20-9-10-27-31(20)23-6-4-5-13-33-23/h9-10,14-17,23H,4-8,11-13H2,1-3H3,(H2,26,28,29). The number of ether oxygens (including phenoxy) is 1. The van der Waals surface area contributed by atoms with Gasteiger partial charge >= 0.3 is 0 Å². The molecule has 0 spiro atoms. The molecule has 3 aromatic heterocycles. The number of fused-ring (bicyclic) bond motifs is 1. The summed E-state index contributed by atoms with van der Waals surface area (Å²) in [7, 11) is 0. The Balaban J connectivity index is 1.45. The van der Waals surface area contributed by atoms with Crippen molar-refractivity contribution in [3.8, 4) is 10.6 Å². The van der Waals surface area contributed by atoms with Gasteiger partial charge in [0.05, 0.1) is 26.5 Å². The number of thiophene rings is 1. The number of carbonyl (C=O) groups is 1. The van der Waals surface area contributed by atoms with Crippen LogP contribution in [0.5, 0.6) is 0 Å². The van der Waals surface area contributed by atoms with Crippen LogP contribution in [0.1, 0.15) is 59.1 Å². The monoisotopic (exact) mass is 482 g/mol. The van der Waals surface area contributed by atoms with Gasteiger partial charge < -0.3 is 20.3 Å². The lowest BCUT2D eigenvalue weighted by atomic mass is 10.1. The molecule has 34 heavy (non-hydrogen) atoms. The minimum atomic E-state index is -0.103. The molecule has 1 aliphatic carbocycles. The smallest absolute Gasteiger partial charge is 0.210 e. The molecule has 1 saturated carbocycles. The van der Waals surface area contributed by atoms with Crippen LogP contribution in [0.3, 0.4) is 0 Å². The fraction of sp³-hybridized carbons (Fsp3) is 0.560. The molecule has 0 radical (unpaired) electrons. The normalized spacial score (nSPS) is 18.7. The highest BCUT2D eigenvalue weighted by atomic mass is 32.1. The van der Waals surface area contributed by atoms with E-state index in [2.05, 4.69) is 54.7 Å². The van der Waals surface area contributed by atoms with Gasteiger partial charge in [-0.25, -0.2) is 9.67 Å². The molecular weight excluding hydrogens is 448 g/mol. The molecule has 2 N–H and O–H groups in total. The van der Waals surface area contributed by atoms with E-state index in [-0.39, 0.29) is 11.8 Å². The molecule has 1 unspecified atom stereocenters. The molecular formula is C25H34N6O2S. The van der Waals surface area contributed by atoms with E-state index < -0.39 is 0 Å².